The van der Waals surface area contributed by atoms with Crippen LogP contribution < -0.4 is 9.47 Å². The Kier molecular flexibility index (Phi) is 6.55. The number of hydrogen-bond acceptors (Lipinski definition) is 3. The molecule has 2 aliphatic rings. The highest BCUT2D eigenvalue weighted by Gasteiger charge is 2.13. The molecule has 0 N–H and O–H groups in total. The summed E-state index contributed by atoms with van der Waals surface area (Å²) in [5.41, 5.74) is 1.29. The van der Waals surface area contributed by atoms with E-state index in [4.69, 9.17) is 9.47 Å². The zero-order valence-electron chi connectivity index (χ0n) is 14.8. The Labute approximate surface area is 150 Å². The molecule has 134 valence electrons. The van der Waals surface area contributed by atoms with E-state index in [1.54, 1.807) is 6.08 Å². The number of amides is 1. The predicted octanol–water partition coefficient (Wildman–Crippen LogP) is 4.25. The minimum atomic E-state index is 0.146. The van der Waals surface area contributed by atoms with Crippen LogP contribution in [0.15, 0.2) is 42.5 Å². The number of unbranched alkanes of at least 4 members (excludes halogenated alkanes) is 2. The summed E-state index contributed by atoms with van der Waals surface area (Å²) in [4.78, 5) is 13.9. The van der Waals surface area contributed by atoms with Crippen molar-refractivity contribution in [2.75, 3.05) is 19.9 Å². The maximum atomic E-state index is 12.0. The van der Waals surface area contributed by atoms with Crippen LogP contribution in [0.25, 0.3) is 0 Å². The van der Waals surface area contributed by atoms with Gasteiger partial charge >= 0.3 is 0 Å². The van der Waals surface area contributed by atoms with Gasteiger partial charge in [-0.2, -0.15) is 0 Å². The molecule has 0 atom stereocenters. The van der Waals surface area contributed by atoms with E-state index in [0.29, 0.717) is 6.79 Å². The number of allylic oxidation sites excluding steroid dienone is 3. The number of likely N-dealkylation sites (tertiary alicyclic amines) is 1. The van der Waals surface area contributed by atoms with Crippen LogP contribution in [0.1, 0.15) is 44.1 Å². The number of piperidine rings is 1. The van der Waals surface area contributed by atoms with Crippen LogP contribution in [0.3, 0.4) is 0 Å². The zero-order chi connectivity index (χ0) is 17.3. The van der Waals surface area contributed by atoms with Crippen LogP contribution in [0, 0.1) is 0 Å². The van der Waals surface area contributed by atoms with Crippen molar-refractivity contribution in [1.82, 2.24) is 4.90 Å². The molecule has 1 amide bonds. The molecular formula is C21H27NO3. The van der Waals surface area contributed by atoms with E-state index < -0.39 is 0 Å². The monoisotopic (exact) mass is 341 g/mol. The zero-order valence-corrected chi connectivity index (χ0v) is 14.8. The maximum Gasteiger partial charge on any atom is 0.246 e. The first kappa shape index (κ1) is 17.6. The van der Waals surface area contributed by atoms with Crippen molar-refractivity contribution in [1.29, 1.82) is 0 Å². The highest BCUT2D eigenvalue weighted by molar-refractivity contribution is 5.87. The van der Waals surface area contributed by atoms with E-state index in [9.17, 15) is 4.79 Å². The summed E-state index contributed by atoms with van der Waals surface area (Å²) < 4.78 is 10.7. The molecule has 1 saturated heterocycles. The Bertz CT molecular complexity index is 630. The Hall–Kier alpha value is -2.23. The number of carbonyl (C=O) groups is 1. The second-order valence-corrected chi connectivity index (χ2v) is 6.61. The molecular weight excluding hydrogens is 314 g/mol. The molecule has 1 fully saturated rings. The summed E-state index contributed by atoms with van der Waals surface area (Å²) >= 11 is 0. The van der Waals surface area contributed by atoms with Crippen LogP contribution in [0.4, 0.5) is 0 Å². The molecule has 0 aromatic heterocycles. The Morgan fingerprint density at radius 3 is 2.76 bits per heavy atom. The molecule has 2 heterocycles. The summed E-state index contributed by atoms with van der Waals surface area (Å²) in [6.07, 6.45) is 15.6. The molecule has 4 heteroatoms. The van der Waals surface area contributed by atoms with Gasteiger partial charge in [0, 0.05) is 19.2 Å². The lowest BCUT2D eigenvalue weighted by Crippen LogP contribution is -2.34. The Morgan fingerprint density at radius 2 is 1.88 bits per heavy atom. The fourth-order valence-corrected chi connectivity index (χ4v) is 3.22. The third kappa shape index (κ3) is 5.38. The van der Waals surface area contributed by atoms with Gasteiger partial charge in [-0.05, 0) is 62.6 Å². The highest BCUT2D eigenvalue weighted by atomic mass is 16.7. The van der Waals surface area contributed by atoms with Gasteiger partial charge in [0.25, 0.3) is 0 Å². The lowest BCUT2D eigenvalue weighted by Gasteiger charge is -2.25. The molecule has 0 bridgehead atoms. The molecule has 25 heavy (non-hydrogen) atoms. The summed E-state index contributed by atoms with van der Waals surface area (Å²) in [5, 5.41) is 0. The normalized spacial score (nSPS) is 16.9. The highest BCUT2D eigenvalue weighted by Crippen LogP contribution is 2.32. The summed E-state index contributed by atoms with van der Waals surface area (Å²) in [7, 11) is 0. The van der Waals surface area contributed by atoms with Gasteiger partial charge in [-0.3, -0.25) is 4.79 Å². The lowest BCUT2D eigenvalue weighted by atomic mass is 10.1. The number of benzene rings is 1. The summed E-state index contributed by atoms with van der Waals surface area (Å²) in [6.45, 7) is 2.15. The average molecular weight is 341 g/mol. The van der Waals surface area contributed by atoms with Gasteiger partial charge in [-0.25, -0.2) is 0 Å². The molecule has 0 saturated carbocycles. The van der Waals surface area contributed by atoms with Gasteiger partial charge in [-0.1, -0.05) is 24.3 Å². The van der Waals surface area contributed by atoms with Gasteiger partial charge in [-0.15, -0.1) is 0 Å². The number of nitrogens with zero attached hydrogens (tertiary/aromatic N) is 1. The number of fused-ring (bicyclic) bond motifs is 1. The molecule has 2 aliphatic heterocycles. The average Bonchev–Trinajstić information content (AvgIpc) is 3.12. The number of hydrogen-bond donors (Lipinski definition) is 0. The lowest BCUT2D eigenvalue weighted by molar-refractivity contribution is -0.126. The molecule has 1 aromatic carbocycles. The quantitative estimate of drug-likeness (QED) is 0.423. The van der Waals surface area contributed by atoms with Gasteiger partial charge in [0.2, 0.25) is 12.7 Å². The number of ether oxygens (including phenoxy) is 2. The van der Waals surface area contributed by atoms with E-state index in [1.165, 1.54) is 12.0 Å². The fourth-order valence-electron chi connectivity index (χ4n) is 3.22. The molecule has 0 unspecified atom stereocenters. The first-order chi connectivity index (χ1) is 12.3. The van der Waals surface area contributed by atoms with Crippen molar-refractivity contribution >= 4 is 5.91 Å². The SMILES string of the molecule is O=C(/C=C/C=C/CCCCc1ccc2c(c1)OCO2)N1CCCCC1. The number of carbonyl (C=O) groups excluding carboxylic acids is 1. The van der Waals surface area contributed by atoms with Crippen LogP contribution in [0.5, 0.6) is 11.5 Å². The van der Waals surface area contributed by atoms with E-state index in [2.05, 4.69) is 18.2 Å². The molecule has 0 spiro atoms. The Morgan fingerprint density at radius 1 is 1.04 bits per heavy atom. The first-order valence-electron chi connectivity index (χ1n) is 9.33. The maximum absolute atomic E-state index is 12.0. The molecule has 1 aromatic rings. The van der Waals surface area contributed by atoms with Crippen molar-refractivity contribution in [3.05, 3.63) is 48.1 Å². The molecule has 3 rings (SSSR count). The third-order valence-corrected chi connectivity index (χ3v) is 4.68. The van der Waals surface area contributed by atoms with Crippen molar-refractivity contribution < 1.29 is 14.3 Å². The van der Waals surface area contributed by atoms with Gasteiger partial charge in [0.05, 0.1) is 0 Å². The van der Waals surface area contributed by atoms with Gasteiger partial charge < -0.3 is 14.4 Å². The molecule has 4 nitrogen and oxygen atoms in total. The van der Waals surface area contributed by atoms with Crippen molar-refractivity contribution in [2.24, 2.45) is 0 Å². The summed E-state index contributed by atoms with van der Waals surface area (Å²) in [5.74, 6) is 1.85. The Balaban J connectivity index is 1.29. The van der Waals surface area contributed by atoms with Crippen molar-refractivity contribution in [2.45, 2.75) is 44.9 Å². The standard InChI is InChI=1S/C21H27NO3/c23-21(22-14-8-5-9-15-22)11-7-4-2-1-3-6-10-18-12-13-19-20(16-18)25-17-24-19/h2,4,7,11-13,16H,1,3,5-6,8-10,14-15,17H2/b4-2+,11-7+. The minimum Gasteiger partial charge on any atom is -0.454 e. The first-order valence-corrected chi connectivity index (χ1v) is 9.33. The predicted molar refractivity (Wildman–Crippen MR) is 98.8 cm³/mol. The van der Waals surface area contributed by atoms with Crippen LogP contribution >= 0.6 is 0 Å². The van der Waals surface area contributed by atoms with E-state index in [0.717, 1.165) is 63.1 Å². The van der Waals surface area contributed by atoms with Crippen molar-refractivity contribution in [3.8, 4) is 11.5 Å². The van der Waals surface area contributed by atoms with Crippen LogP contribution in [-0.2, 0) is 11.2 Å². The fraction of sp³-hybridized carbons (Fsp3) is 0.476. The van der Waals surface area contributed by atoms with Gasteiger partial charge in [0.1, 0.15) is 0 Å². The summed E-state index contributed by atoms with van der Waals surface area (Å²) in [6, 6.07) is 6.17. The topological polar surface area (TPSA) is 38.8 Å². The molecule has 0 aliphatic carbocycles. The minimum absolute atomic E-state index is 0.146. The van der Waals surface area contributed by atoms with E-state index in [-0.39, 0.29) is 5.91 Å². The third-order valence-electron chi connectivity index (χ3n) is 4.68. The largest absolute Gasteiger partial charge is 0.454 e. The van der Waals surface area contributed by atoms with Crippen molar-refractivity contribution in [3.63, 3.8) is 0 Å². The van der Waals surface area contributed by atoms with E-state index >= 15 is 0 Å². The van der Waals surface area contributed by atoms with Crippen LogP contribution in [-0.4, -0.2) is 30.7 Å². The number of rotatable bonds is 7. The number of aryl methyl sites for hydroxylation is 1. The van der Waals surface area contributed by atoms with E-state index in [1.807, 2.05) is 23.1 Å². The second kappa shape index (κ2) is 9.30. The molecule has 0 radical (unpaired) electrons. The second-order valence-electron chi connectivity index (χ2n) is 6.61. The smallest absolute Gasteiger partial charge is 0.246 e. The van der Waals surface area contributed by atoms with Crippen LogP contribution in [0.2, 0.25) is 0 Å². The van der Waals surface area contributed by atoms with Gasteiger partial charge in [0.15, 0.2) is 11.5 Å².